The number of likely N-dealkylation sites (tertiary alicyclic amines) is 1. The molecule has 4 nitrogen and oxygen atoms in total. The number of rotatable bonds is 8. The van der Waals surface area contributed by atoms with Crippen LogP contribution in [0.4, 0.5) is 0 Å². The molecule has 2 aliphatic rings. The summed E-state index contributed by atoms with van der Waals surface area (Å²) in [6.45, 7) is 9.35. The molecule has 130 valence electrons. The van der Waals surface area contributed by atoms with Gasteiger partial charge in [0.2, 0.25) is 5.12 Å². The fourth-order valence-corrected chi connectivity index (χ4v) is 4.34. The van der Waals surface area contributed by atoms with E-state index in [-0.39, 0.29) is 22.1 Å². The molecule has 2 atom stereocenters. The summed E-state index contributed by atoms with van der Waals surface area (Å²) in [5.74, 6) is 0. The first kappa shape index (κ1) is 18.6. The van der Waals surface area contributed by atoms with Crippen LogP contribution in [0.3, 0.4) is 0 Å². The molecule has 0 aliphatic carbocycles. The lowest BCUT2D eigenvalue weighted by Gasteiger charge is -2.34. The normalized spacial score (nSPS) is 23.0. The quantitative estimate of drug-likeness (QED) is 0.735. The van der Waals surface area contributed by atoms with Gasteiger partial charge in [-0.25, -0.2) is 0 Å². The Kier molecular flexibility index (Phi) is 7.18. The minimum atomic E-state index is -0.213. The summed E-state index contributed by atoms with van der Waals surface area (Å²) < 4.78 is 6.00. The highest BCUT2D eigenvalue weighted by Crippen LogP contribution is 2.31. The van der Waals surface area contributed by atoms with Crippen LogP contribution in [0.1, 0.15) is 46.5 Å². The first-order chi connectivity index (χ1) is 11.0. The molecule has 2 aliphatic heterocycles. The van der Waals surface area contributed by atoms with Crippen molar-refractivity contribution in [1.82, 2.24) is 10.2 Å². The predicted molar refractivity (Wildman–Crippen MR) is 97.3 cm³/mol. The number of nitrogens with zero attached hydrogens (tertiary/aromatic N) is 1. The van der Waals surface area contributed by atoms with Crippen LogP contribution in [0, 0.1) is 0 Å². The van der Waals surface area contributed by atoms with Crippen molar-refractivity contribution >= 4 is 16.9 Å². The smallest absolute Gasteiger partial charge is 0.216 e. The molecule has 2 heterocycles. The Labute approximate surface area is 144 Å². The summed E-state index contributed by atoms with van der Waals surface area (Å²) in [6, 6.07) is -0.213. The van der Waals surface area contributed by atoms with E-state index in [1.165, 1.54) is 24.6 Å². The third-order valence-corrected chi connectivity index (χ3v) is 5.43. The van der Waals surface area contributed by atoms with E-state index < -0.39 is 0 Å². The van der Waals surface area contributed by atoms with Gasteiger partial charge in [0, 0.05) is 13.0 Å². The van der Waals surface area contributed by atoms with Crippen molar-refractivity contribution in [3.05, 3.63) is 24.4 Å². The zero-order valence-corrected chi connectivity index (χ0v) is 15.4. The molecule has 0 aromatic heterocycles. The average molecular weight is 339 g/mol. The molecule has 0 aromatic carbocycles. The molecule has 1 N–H and O–H groups in total. The number of nitrogens with one attached hydrogen (secondary N) is 1. The SMILES string of the molecule is CCCOC(C)(C)CC(SC(=O)C1C=CC=CN1)N1CCCC1. The monoisotopic (exact) mass is 338 g/mol. The van der Waals surface area contributed by atoms with Gasteiger partial charge in [-0.15, -0.1) is 0 Å². The van der Waals surface area contributed by atoms with Crippen molar-refractivity contribution < 1.29 is 9.53 Å². The molecular weight excluding hydrogens is 308 g/mol. The second-order valence-corrected chi connectivity index (χ2v) is 8.02. The molecule has 5 heteroatoms. The number of allylic oxidation sites excluding steroid dienone is 2. The molecule has 23 heavy (non-hydrogen) atoms. The highest BCUT2D eigenvalue weighted by molar-refractivity contribution is 8.14. The summed E-state index contributed by atoms with van der Waals surface area (Å²) in [6.07, 6.45) is 11.9. The fraction of sp³-hybridized carbons (Fsp3) is 0.722. The lowest BCUT2D eigenvalue weighted by Crippen LogP contribution is -2.41. The van der Waals surface area contributed by atoms with E-state index in [4.69, 9.17) is 4.74 Å². The van der Waals surface area contributed by atoms with Gasteiger partial charge in [0.05, 0.1) is 11.0 Å². The Morgan fingerprint density at radius 3 is 2.74 bits per heavy atom. The molecule has 0 spiro atoms. The molecule has 0 saturated carbocycles. The molecule has 2 rings (SSSR count). The molecule has 2 unspecified atom stereocenters. The number of dihydropyridines is 1. The summed E-state index contributed by atoms with van der Waals surface area (Å²) in [5, 5.41) is 3.51. The Bertz CT molecular complexity index is 442. The van der Waals surface area contributed by atoms with Crippen molar-refractivity contribution in [3.63, 3.8) is 0 Å². The van der Waals surface area contributed by atoms with Crippen LogP contribution >= 0.6 is 11.8 Å². The van der Waals surface area contributed by atoms with Crippen molar-refractivity contribution in [2.75, 3.05) is 19.7 Å². The zero-order chi connectivity index (χ0) is 16.7. The van der Waals surface area contributed by atoms with Crippen LogP contribution in [-0.4, -0.2) is 46.7 Å². The summed E-state index contributed by atoms with van der Waals surface area (Å²) >= 11 is 1.47. The lowest BCUT2D eigenvalue weighted by molar-refractivity contribution is -0.111. The lowest BCUT2D eigenvalue weighted by atomic mass is 10.0. The van der Waals surface area contributed by atoms with Gasteiger partial charge in [-0.05, 0) is 58.5 Å². The number of hydrogen-bond donors (Lipinski definition) is 1. The van der Waals surface area contributed by atoms with Crippen LogP contribution < -0.4 is 5.32 Å². The van der Waals surface area contributed by atoms with Gasteiger partial charge in [0.1, 0.15) is 6.04 Å². The third kappa shape index (κ3) is 5.98. The van der Waals surface area contributed by atoms with Gasteiger partial charge < -0.3 is 10.1 Å². The van der Waals surface area contributed by atoms with Crippen LogP contribution in [0.5, 0.6) is 0 Å². The maximum atomic E-state index is 12.6. The average Bonchev–Trinajstić information content (AvgIpc) is 3.07. The number of ether oxygens (including phenoxy) is 1. The van der Waals surface area contributed by atoms with Crippen LogP contribution in [0.2, 0.25) is 0 Å². The van der Waals surface area contributed by atoms with E-state index in [2.05, 4.69) is 31.0 Å². The standard InChI is InChI=1S/C18H30N2O2S/c1-4-13-22-18(2,3)14-16(20-11-7-8-12-20)23-17(21)15-9-5-6-10-19-15/h5-6,9-10,15-16,19H,4,7-8,11-14H2,1-3H3. The first-order valence-electron chi connectivity index (χ1n) is 8.70. The van der Waals surface area contributed by atoms with E-state index in [0.717, 1.165) is 32.5 Å². The molecule has 0 aromatic rings. The summed E-state index contributed by atoms with van der Waals surface area (Å²) in [7, 11) is 0. The maximum Gasteiger partial charge on any atom is 0.216 e. The van der Waals surface area contributed by atoms with Gasteiger partial charge in [0.15, 0.2) is 0 Å². The van der Waals surface area contributed by atoms with E-state index in [1.54, 1.807) is 0 Å². The topological polar surface area (TPSA) is 41.6 Å². The highest BCUT2D eigenvalue weighted by Gasteiger charge is 2.33. The Hall–Kier alpha value is -0.780. The minimum absolute atomic E-state index is 0.189. The minimum Gasteiger partial charge on any atom is -0.377 e. The third-order valence-electron chi connectivity index (χ3n) is 4.20. The molecule has 0 bridgehead atoms. The highest BCUT2D eigenvalue weighted by atomic mass is 32.2. The fourth-order valence-electron chi connectivity index (χ4n) is 2.93. The zero-order valence-electron chi connectivity index (χ0n) is 14.6. The van der Waals surface area contributed by atoms with Crippen molar-refractivity contribution in [1.29, 1.82) is 0 Å². The Morgan fingerprint density at radius 2 is 2.13 bits per heavy atom. The van der Waals surface area contributed by atoms with Gasteiger partial charge in [0.25, 0.3) is 0 Å². The molecule has 1 saturated heterocycles. The number of hydrogen-bond acceptors (Lipinski definition) is 5. The summed E-state index contributed by atoms with van der Waals surface area (Å²) in [5.41, 5.74) is -0.202. The van der Waals surface area contributed by atoms with Gasteiger partial charge in [-0.1, -0.05) is 30.8 Å². The number of carbonyl (C=O) groups is 1. The molecule has 1 fully saturated rings. The predicted octanol–water partition coefficient (Wildman–Crippen LogP) is 3.31. The van der Waals surface area contributed by atoms with E-state index in [0.29, 0.717) is 0 Å². The molecular formula is C18H30N2O2S. The van der Waals surface area contributed by atoms with Crippen LogP contribution in [-0.2, 0) is 9.53 Å². The van der Waals surface area contributed by atoms with Gasteiger partial charge in [-0.2, -0.15) is 0 Å². The van der Waals surface area contributed by atoms with E-state index >= 15 is 0 Å². The maximum absolute atomic E-state index is 12.6. The van der Waals surface area contributed by atoms with Crippen LogP contribution in [0.15, 0.2) is 24.4 Å². The van der Waals surface area contributed by atoms with Gasteiger partial charge >= 0.3 is 0 Å². The van der Waals surface area contributed by atoms with Gasteiger partial charge in [-0.3, -0.25) is 9.69 Å². The van der Waals surface area contributed by atoms with Crippen molar-refractivity contribution in [2.24, 2.45) is 0 Å². The van der Waals surface area contributed by atoms with Crippen molar-refractivity contribution in [3.8, 4) is 0 Å². The van der Waals surface area contributed by atoms with E-state index in [9.17, 15) is 4.79 Å². The Balaban J connectivity index is 1.97. The van der Waals surface area contributed by atoms with Crippen molar-refractivity contribution in [2.45, 2.75) is 63.5 Å². The second kappa shape index (κ2) is 8.90. The first-order valence-corrected chi connectivity index (χ1v) is 9.58. The van der Waals surface area contributed by atoms with E-state index in [1.807, 2.05) is 24.4 Å². The summed E-state index contributed by atoms with van der Waals surface area (Å²) in [4.78, 5) is 15.1. The number of thioether (sulfide) groups is 1. The number of carbonyl (C=O) groups excluding carboxylic acids is 1. The second-order valence-electron chi connectivity index (χ2n) is 6.84. The largest absolute Gasteiger partial charge is 0.377 e. The molecule has 0 amide bonds. The Morgan fingerprint density at radius 1 is 1.39 bits per heavy atom. The molecule has 0 radical (unpaired) electrons. The van der Waals surface area contributed by atoms with Crippen LogP contribution in [0.25, 0.3) is 0 Å².